The third kappa shape index (κ3) is 2.12. The maximum absolute atomic E-state index is 11.1. The Morgan fingerprint density at radius 1 is 1.54 bits per heavy atom. The van der Waals surface area contributed by atoms with Crippen molar-refractivity contribution in [2.75, 3.05) is 0 Å². The smallest absolute Gasteiger partial charge is 0.243 e. The van der Waals surface area contributed by atoms with E-state index in [1.54, 1.807) is 0 Å². The van der Waals surface area contributed by atoms with Gasteiger partial charge in [0.1, 0.15) is 10.0 Å². The van der Waals surface area contributed by atoms with Gasteiger partial charge < -0.3 is 0 Å². The zero-order valence-corrected chi connectivity index (χ0v) is 7.71. The third-order valence-corrected chi connectivity index (χ3v) is 2.77. The topological polar surface area (TPSA) is 76.5 Å². The highest BCUT2D eigenvalue weighted by Gasteiger charge is 2.16. The number of hydrogen-bond acceptors (Lipinski definition) is 4. The van der Waals surface area contributed by atoms with Gasteiger partial charge in [0.2, 0.25) is 0 Å². The SMILES string of the molecule is O=C=NS(=O)(=O)c1cccnc1Cl. The Balaban J connectivity index is 3.39. The van der Waals surface area contributed by atoms with Crippen molar-refractivity contribution in [3.05, 3.63) is 23.5 Å². The molecule has 0 aliphatic rings. The van der Waals surface area contributed by atoms with E-state index in [1.165, 1.54) is 18.3 Å². The van der Waals surface area contributed by atoms with Crippen molar-refractivity contribution >= 4 is 27.7 Å². The van der Waals surface area contributed by atoms with Crippen LogP contribution in [0.1, 0.15) is 0 Å². The van der Waals surface area contributed by atoms with Crippen LogP contribution < -0.4 is 0 Å². The Kier molecular flexibility index (Phi) is 2.77. The Labute approximate surface area is 79.1 Å². The van der Waals surface area contributed by atoms with E-state index in [2.05, 4.69) is 9.38 Å². The lowest BCUT2D eigenvalue weighted by atomic mass is 10.5. The molecule has 68 valence electrons. The van der Waals surface area contributed by atoms with E-state index in [1.807, 2.05) is 0 Å². The number of isocyanates is 1. The lowest BCUT2D eigenvalue weighted by molar-refractivity contribution is 0.563. The van der Waals surface area contributed by atoms with Crippen molar-refractivity contribution in [1.82, 2.24) is 4.98 Å². The Hall–Kier alpha value is -1.23. The predicted molar refractivity (Wildman–Crippen MR) is 44.6 cm³/mol. The van der Waals surface area contributed by atoms with Gasteiger partial charge in [0.15, 0.2) is 0 Å². The molecule has 0 fully saturated rings. The second-order valence-electron chi connectivity index (χ2n) is 1.95. The summed E-state index contributed by atoms with van der Waals surface area (Å²) in [6, 6.07) is 2.57. The number of rotatable bonds is 2. The van der Waals surface area contributed by atoms with Gasteiger partial charge in [0, 0.05) is 6.20 Å². The molecule has 0 aliphatic heterocycles. The first-order valence-corrected chi connectivity index (χ1v) is 4.84. The van der Waals surface area contributed by atoms with Gasteiger partial charge in [-0.15, -0.1) is 0 Å². The minimum atomic E-state index is -4.03. The van der Waals surface area contributed by atoms with Crippen molar-refractivity contribution in [2.45, 2.75) is 4.90 Å². The fourth-order valence-corrected chi connectivity index (χ4v) is 1.79. The molecule has 0 bridgehead atoms. The van der Waals surface area contributed by atoms with Crippen molar-refractivity contribution in [3.63, 3.8) is 0 Å². The third-order valence-electron chi connectivity index (χ3n) is 1.16. The number of pyridine rings is 1. The van der Waals surface area contributed by atoms with Crippen molar-refractivity contribution in [3.8, 4) is 0 Å². The van der Waals surface area contributed by atoms with Crippen molar-refractivity contribution < 1.29 is 13.2 Å². The molecule has 1 heterocycles. The molecule has 0 unspecified atom stereocenters. The Bertz CT molecular complexity index is 465. The van der Waals surface area contributed by atoms with Gasteiger partial charge in [0.05, 0.1) is 0 Å². The number of halogens is 1. The summed E-state index contributed by atoms with van der Waals surface area (Å²) in [5.74, 6) is 0. The summed E-state index contributed by atoms with van der Waals surface area (Å²) >= 11 is 5.46. The van der Waals surface area contributed by atoms with E-state index in [9.17, 15) is 13.2 Å². The molecule has 0 spiro atoms. The predicted octanol–water partition coefficient (Wildman–Crippen LogP) is 0.760. The molecule has 1 aromatic rings. The van der Waals surface area contributed by atoms with E-state index in [-0.39, 0.29) is 10.0 Å². The van der Waals surface area contributed by atoms with E-state index >= 15 is 0 Å². The molecule has 0 radical (unpaired) electrons. The summed E-state index contributed by atoms with van der Waals surface area (Å²) in [7, 11) is -4.03. The van der Waals surface area contributed by atoms with Gasteiger partial charge in [-0.05, 0) is 12.1 Å². The van der Waals surface area contributed by atoms with E-state index in [0.29, 0.717) is 0 Å². The number of nitrogens with zero attached hydrogens (tertiary/aromatic N) is 2. The zero-order valence-electron chi connectivity index (χ0n) is 6.14. The first kappa shape index (κ1) is 9.85. The average molecular weight is 219 g/mol. The van der Waals surface area contributed by atoms with Crippen LogP contribution in [-0.2, 0) is 14.8 Å². The molecule has 0 aromatic carbocycles. The van der Waals surface area contributed by atoms with Crippen LogP contribution in [0.25, 0.3) is 0 Å². The summed E-state index contributed by atoms with van der Waals surface area (Å²) in [5.41, 5.74) is 0. The van der Waals surface area contributed by atoms with Crippen LogP contribution in [0, 0.1) is 0 Å². The standard InChI is InChI=1S/C6H3ClN2O3S/c7-6-5(2-1-3-8-6)13(11,12)9-4-10/h1-3H. The fourth-order valence-electron chi connectivity index (χ4n) is 0.662. The van der Waals surface area contributed by atoms with Gasteiger partial charge in [-0.3, -0.25) is 0 Å². The van der Waals surface area contributed by atoms with Gasteiger partial charge in [-0.25, -0.2) is 9.78 Å². The quantitative estimate of drug-likeness (QED) is 0.417. The Morgan fingerprint density at radius 2 is 2.23 bits per heavy atom. The summed E-state index contributed by atoms with van der Waals surface area (Å²) in [5, 5.41) is -0.221. The van der Waals surface area contributed by atoms with Gasteiger partial charge in [0.25, 0.3) is 16.1 Å². The molecular weight excluding hydrogens is 216 g/mol. The van der Waals surface area contributed by atoms with Gasteiger partial charge in [-0.1, -0.05) is 16.0 Å². The van der Waals surface area contributed by atoms with Crippen LogP contribution in [0.5, 0.6) is 0 Å². The largest absolute Gasteiger partial charge is 0.295 e. The van der Waals surface area contributed by atoms with Crippen LogP contribution in [0.3, 0.4) is 0 Å². The summed E-state index contributed by atoms with van der Waals surface area (Å²) in [6.45, 7) is 0. The molecule has 0 atom stereocenters. The summed E-state index contributed by atoms with van der Waals surface area (Å²) in [4.78, 5) is 13.0. The highest BCUT2D eigenvalue weighted by atomic mass is 35.5. The molecule has 1 rings (SSSR count). The second-order valence-corrected chi connectivity index (χ2v) is 3.88. The van der Waals surface area contributed by atoms with Gasteiger partial charge in [-0.2, -0.15) is 8.42 Å². The molecule has 0 aliphatic carbocycles. The highest BCUT2D eigenvalue weighted by Crippen LogP contribution is 2.19. The molecule has 1 aromatic heterocycles. The van der Waals surface area contributed by atoms with Crippen molar-refractivity contribution in [1.29, 1.82) is 0 Å². The maximum Gasteiger partial charge on any atom is 0.295 e. The molecule has 13 heavy (non-hydrogen) atoms. The molecule has 7 heteroatoms. The zero-order chi connectivity index (χ0) is 9.90. The van der Waals surface area contributed by atoms with Crippen LogP contribution >= 0.6 is 11.6 Å². The average Bonchev–Trinajstić information content (AvgIpc) is 2.04. The lowest BCUT2D eigenvalue weighted by Gasteiger charge is -1.96. The van der Waals surface area contributed by atoms with Crippen LogP contribution in [0.2, 0.25) is 5.15 Å². The monoisotopic (exact) mass is 218 g/mol. The van der Waals surface area contributed by atoms with Crippen molar-refractivity contribution in [2.24, 2.45) is 4.40 Å². The highest BCUT2D eigenvalue weighted by molar-refractivity contribution is 7.90. The molecule has 0 N–H and O–H groups in total. The molecule has 0 saturated carbocycles. The second kappa shape index (κ2) is 3.66. The maximum atomic E-state index is 11.1. The number of sulfonamides is 1. The first-order chi connectivity index (χ1) is 6.08. The van der Waals surface area contributed by atoms with Gasteiger partial charge >= 0.3 is 0 Å². The molecule has 0 saturated heterocycles. The van der Waals surface area contributed by atoms with Crippen LogP contribution in [-0.4, -0.2) is 19.5 Å². The number of carbonyl (C=O) groups excluding carboxylic acids is 1. The number of aromatic nitrogens is 1. The molecular formula is C6H3ClN2O3S. The van der Waals surface area contributed by atoms with Crippen LogP contribution in [0.15, 0.2) is 27.6 Å². The molecule has 0 amide bonds. The summed E-state index contributed by atoms with van der Waals surface area (Å²) in [6.07, 6.45) is 2.26. The number of hydrogen-bond donors (Lipinski definition) is 0. The minimum Gasteiger partial charge on any atom is -0.243 e. The van der Waals surface area contributed by atoms with E-state index < -0.39 is 10.0 Å². The lowest BCUT2D eigenvalue weighted by Crippen LogP contribution is -1.98. The normalized spacial score (nSPS) is 10.5. The fraction of sp³-hybridized carbons (Fsp3) is 0. The van der Waals surface area contributed by atoms with Crippen LogP contribution in [0.4, 0.5) is 0 Å². The first-order valence-electron chi connectivity index (χ1n) is 3.02. The molecule has 5 nitrogen and oxygen atoms in total. The summed E-state index contributed by atoms with van der Waals surface area (Å²) < 4.78 is 24.8. The Morgan fingerprint density at radius 3 is 2.77 bits per heavy atom. The van der Waals surface area contributed by atoms with E-state index in [4.69, 9.17) is 11.6 Å². The van der Waals surface area contributed by atoms with E-state index in [0.717, 1.165) is 6.08 Å². The minimum absolute atomic E-state index is 0.221.